The molecule has 9 heteroatoms. The molecule has 0 amide bonds. The molecule has 1 aliphatic rings. The van der Waals surface area contributed by atoms with Crippen molar-refractivity contribution in [1.82, 2.24) is 9.89 Å². The lowest BCUT2D eigenvalue weighted by molar-refractivity contribution is -0.0940. The van der Waals surface area contributed by atoms with E-state index in [2.05, 4.69) is 9.93 Å². The summed E-state index contributed by atoms with van der Waals surface area (Å²) in [4.78, 5) is 2.95. The molecule has 1 aliphatic carbocycles. The van der Waals surface area contributed by atoms with E-state index < -0.39 is 26.7 Å². The Hall–Kier alpha value is -2.81. The highest BCUT2D eigenvalue weighted by atomic mass is 32.2. The minimum absolute atomic E-state index is 0.00434. The lowest BCUT2D eigenvalue weighted by Crippen LogP contribution is -2.26. The standard InChI is InChI=1S/C18H14F3N3O2S/c19-18(20,21)14-5-3-6-15(10-14)27(25,26)23-24-17-13(11-22-24)9-8-12-4-1-2-7-16(12)17/h1-2,4,6-11,23H,3,5H2. The molecule has 1 heterocycles. The fourth-order valence-corrected chi connectivity index (χ4v) is 4.22. The summed E-state index contributed by atoms with van der Waals surface area (Å²) in [5.41, 5.74) is -0.325. The summed E-state index contributed by atoms with van der Waals surface area (Å²) in [5, 5.41) is 6.43. The summed E-state index contributed by atoms with van der Waals surface area (Å²) in [5.74, 6) is 0. The smallest absolute Gasteiger partial charge is 0.200 e. The molecule has 0 unspecified atom stereocenters. The number of hydrogen-bond donors (Lipinski definition) is 1. The molecule has 0 fully saturated rings. The first kappa shape index (κ1) is 17.6. The monoisotopic (exact) mass is 393 g/mol. The molecule has 3 aromatic rings. The molecular formula is C18H14F3N3O2S. The molecule has 0 radical (unpaired) electrons. The molecule has 0 aliphatic heterocycles. The van der Waals surface area contributed by atoms with Crippen molar-refractivity contribution in [3.63, 3.8) is 0 Å². The van der Waals surface area contributed by atoms with E-state index in [1.54, 1.807) is 6.07 Å². The van der Waals surface area contributed by atoms with Crippen LogP contribution in [0.2, 0.25) is 0 Å². The lowest BCUT2D eigenvalue weighted by Gasteiger charge is -2.17. The van der Waals surface area contributed by atoms with Crippen LogP contribution in [0.15, 0.2) is 65.2 Å². The second-order valence-corrected chi connectivity index (χ2v) is 7.85. The van der Waals surface area contributed by atoms with Gasteiger partial charge in [-0.3, -0.25) is 0 Å². The van der Waals surface area contributed by atoms with Crippen molar-refractivity contribution in [3.8, 4) is 0 Å². The number of alkyl halides is 3. The maximum absolute atomic E-state index is 12.9. The summed E-state index contributed by atoms with van der Waals surface area (Å²) in [6.45, 7) is 0. The lowest BCUT2D eigenvalue weighted by atomic mass is 10.1. The zero-order valence-corrected chi connectivity index (χ0v) is 14.7. The number of fused-ring (bicyclic) bond motifs is 3. The van der Waals surface area contributed by atoms with E-state index in [9.17, 15) is 21.6 Å². The topological polar surface area (TPSA) is 64.0 Å². The number of allylic oxidation sites excluding steroid dienone is 3. The zero-order valence-electron chi connectivity index (χ0n) is 13.9. The van der Waals surface area contributed by atoms with Gasteiger partial charge in [0.1, 0.15) is 5.52 Å². The third-order valence-corrected chi connectivity index (χ3v) is 5.73. The number of aromatic nitrogens is 2. The van der Waals surface area contributed by atoms with E-state index in [4.69, 9.17) is 0 Å². The number of sulfonamides is 1. The molecule has 2 aromatic carbocycles. The molecule has 1 N–H and O–H groups in total. The van der Waals surface area contributed by atoms with Crippen LogP contribution < -0.4 is 4.83 Å². The van der Waals surface area contributed by atoms with Crippen LogP contribution in [0.3, 0.4) is 0 Å². The van der Waals surface area contributed by atoms with E-state index in [1.807, 2.05) is 30.3 Å². The summed E-state index contributed by atoms with van der Waals surface area (Å²) in [6.07, 6.45) is -1.33. The number of rotatable bonds is 3. The van der Waals surface area contributed by atoms with Crippen LogP contribution in [0.5, 0.6) is 0 Å². The predicted octanol–water partition coefficient (Wildman–Crippen LogP) is 4.23. The molecule has 0 bridgehead atoms. The van der Waals surface area contributed by atoms with Gasteiger partial charge in [0.25, 0.3) is 10.0 Å². The summed E-state index contributed by atoms with van der Waals surface area (Å²) in [6, 6.07) is 11.1. The van der Waals surface area contributed by atoms with E-state index in [0.29, 0.717) is 17.0 Å². The minimum Gasteiger partial charge on any atom is -0.200 e. The van der Waals surface area contributed by atoms with Crippen LogP contribution in [0.25, 0.3) is 21.7 Å². The molecule has 0 atom stereocenters. The van der Waals surface area contributed by atoms with Crippen molar-refractivity contribution in [1.29, 1.82) is 0 Å². The fourth-order valence-electron chi connectivity index (χ4n) is 3.11. The van der Waals surface area contributed by atoms with Crippen LogP contribution in [0.1, 0.15) is 12.8 Å². The van der Waals surface area contributed by atoms with Gasteiger partial charge in [-0.15, -0.1) is 0 Å². The number of hydrogen-bond acceptors (Lipinski definition) is 3. The number of nitrogens with one attached hydrogen (secondary N) is 1. The van der Waals surface area contributed by atoms with Gasteiger partial charge >= 0.3 is 6.18 Å². The third kappa shape index (κ3) is 3.18. The summed E-state index contributed by atoms with van der Waals surface area (Å²) in [7, 11) is -4.22. The van der Waals surface area contributed by atoms with Crippen molar-refractivity contribution in [3.05, 3.63) is 65.2 Å². The Morgan fingerprint density at radius 1 is 1.07 bits per heavy atom. The number of halogens is 3. The minimum atomic E-state index is -4.55. The van der Waals surface area contributed by atoms with E-state index in [1.165, 1.54) is 12.3 Å². The van der Waals surface area contributed by atoms with Gasteiger partial charge in [0.15, 0.2) is 0 Å². The number of nitrogens with zero attached hydrogens (tertiary/aromatic N) is 2. The third-order valence-electron chi connectivity index (χ3n) is 4.41. The Balaban J connectivity index is 1.77. The average Bonchev–Trinajstić information content (AvgIpc) is 3.04. The highest BCUT2D eigenvalue weighted by Gasteiger charge is 2.35. The Bertz CT molecular complexity index is 1210. The van der Waals surface area contributed by atoms with Crippen molar-refractivity contribution >= 4 is 31.7 Å². The van der Waals surface area contributed by atoms with Gasteiger partial charge in [-0.05, 0) is 24.3 Å². The molecule has 5 nitrogen and oxygen atoms in total. The highest BCUT2D eigenvalue weighted by Crippen LogP contribution is 2.34. The fraction of sp³-hybridized carbons (Fsp3) is 0.167. The van der Waals surface area contributed by atoms with Crippen molar-refractivity contribution < 1.29 is 21.6 Å². The van der Waals surface area contributed by atoms with Gasteiger partial charge in [0.05, 0.1) is 11.1 Å². The average molecular weight is 393 g/mol. The molecular weight excluding hydrogens is 379 g/mol. The molecule has 4 rings (SSSR count). The van der Waals surface area contributed by atoms with Gasteiger partial charge in [-0.1, -0.05) is 42.5 Å². The van der Waals surface area contributed by atoms with Crippen LogP contribution in [-0.4, -0.2) is 24.5 Å². The molecule has 27 heavy (non-hydrogen) atoms. The molecule has 0 saturated carbocycles. The number of benzene rings is 2. The maximum atomic E-state index is 12.9. The Morgan fingerprint density at radius 2 is 1.81 bits per heavy atom. The molecule has 140 valence electrons. The zero-order chi connectivity index (χ0) is 19.2. The van der Waals surface area contributed by atoms with E-state index in [-0.39, 0.29) is 12.8 Å². The SMILES string of the molecule is O=S(=O)(Nn1ncc2ccc3ccccc3c21)C1=CCCC(C(F)(F)F)=C1. The summed E-state index contributed by atoms with van der Waals surface area (Å²) >= 11 is 0. The van der Waals surface area contributed by atoms with Gasteiger partial charge in [0, 0.05) is 16.3 Å². The molecule has 0 saturated heterocycles. The van der Waals surface area contributed by atoms with Gasteiger partial charge < -0.3 is 0 Å². The first-order valence-corrected chi connectivity index (χ1v) is 9.60. The van der Waals surface area contributed by atoms with Gasteiger partial charge in [-0.2, -0.15) is 36.3 Å². The van der Waals surface area contributed by atoms with Crippen LogP contribution >= 0.6 is 0 Å². The van der Waals surface area contributed by atoms with Crippen LogP contribution in [0.4, 0.5) is 13.2 Å². The Kier molecular flexibility index (Phi) is 3.99. The van der Waals surface area contributed by atoms with Crippen molar-refractivity contribution in [2.24, 2.45) is 0 Å². The second-order valence-electron chi connectivity index (χ2n) is 6.19. The molecule has 1 aromatic heterocycles. The van der Waals surface area contributed by atoms with Crippen molar-refractivity contribution in [2.75, 3.05) is 4.83 Å². The van der Waals surface area contributed by atoms with E-state index in [0.717, 1.165) is 15.6 Å². The van der Waals surface area contributed by atoms with Crippen LogP contribution in [0, 0.1) is 0 Å². The maximum Gasteiger partial charge on any atom is 0.412 e. The van der Waals surface area contributed by atoms with Crippen molar-refractivity contribution in [2.45, 2.75) is 19.0 Å². The second kappa shape index (κ2) is 6.12. The Morgan fingerprint density at radius 3 is 2.59 bits per heavy atom. The van der Waals surface area contributed by atoms with Gasteiger partial charge in [0.2, 0.25) is 0 Å². The highest BCUT2D eigenvalue weighted by molar-refractivity contribution is 7.96. The van der Waals surface area contributed by atoms with Gasteiger partial charge in [-0.25, -0.2) is 0 Å². The largest absolute Gasteiger partial charge is 0.412 e. The summed E-state index contributed by atoms with van der Waals surface area (Å²) < 4.78 is 64.1. The first-order valence-electron chi connectivity index (χ1n) is 8.12. The van der Waals surface area contributed by atoms with E-state index >= 15 is 0 Å². The normalized spacial score (nSPS) is 15.7. The predicted molar refractivity (Wildman–Crippen MR) is 97.0 cm³/mol. The van der Waals surface area contributed by atoms with Crippen LogP contribution in [-0.2, 0) is 10.0 Å². The quantitative estimate of drug-likeness (QED) is 0.724. The first-order chi connectivity index (χ1) is 12.8. The molecule has 0 spiro atoms. The Labute approximate surface area is 152 Å².